The smallest absolute Gasteiger partial charge is 0.305 e. The fraction of sp³-hybridized carbons (Fsp3) is 0.976. The average molecular weight is 638 g/mol. The van der Waals surface area contributed by atoms with E-state index in [9.17, 15) is 9.90 Å². The van der Waals surface area contributed by atoms with E-state index in [0.717, 1.165) is 38.0 Å². The molecule has 0 aromatic carbocycles. The summed E-state index contributed by atoms with van der Waals surface area (Å²) in [6, 6.07) is 0. The van der Waals surface area contributed by atoms with Crippen LogP contribution in [0.25, 0.3) is 0 Å². The van der Waals surface area contributed by atoms with E-state index in [0.29, 0.717) is 19.6 Å². The van der Waals surface area contributed by atoms with Crippen molar-refractivity contribution in [2.45, 2.75) is 220 Å². The number of hydrogen-bond acceptors (Lipinski definition) is 4. The minimum atomic E-state index is 0.00762. The number of unbranched alkanes of at least 4 members (excludes halogenated alkanes) is 22. The van der Waals surface area contributed by atoms with E-state index in [2.05, 4.69) is 25.7 Å². The lowest BCUT2D eigenvalue weighted by molar-refractivity contribution is -0.143. The van der Waals surface area contributed by atoms with Gasteiger partial charge in [0.05, 0.1) is 6.61 Å². The number of carbonyl (C=O) groups is 1. The van der Waals surface area contributed by atoms with Gasteiger partial charge in [-0.3, -0.25) is 4.79 Å². The van der Waals surface area contributed by atoms with Crippen molar-refractivity contribution in [3.63, 3.8) is 0 Å². The van der Waals surface area contributed by atoms with Crippen LogP contribution in [-0.4, -0.2) is 48.8 Å². The predicted molar refractivity (Wildman–Crippen MR) is 198 cm³/mol. The van der Waals surface area contributed by atoms with Crippen molar-refractivity contribution in [2.24, 2.45) is 5.92 Å². The number of ether oxygens (including phenoxy) is 1. The third kappa shape index (κ3) is 34.5. The highest BCUT2D eigenvalue weighted by molar-refractivity contribution is 5.69. The van der Waals surface area contributed by atoms with Crippen molar-refractivity contribution in [1.82, 2.24) is 4.90 Å². The fourth-order valence-electron chi connectivity index (χ4n) is 6.64. The summed E-state index contributed by atoms with van der Waals surface area (Å²) < 4.78 is 5.44. The highest BCUT2D eigenvalue weighted by Crippen LogP contribution is 2.23. The zero-order valence-electron chi connectivity index (χ0n) is 31.2. The second-order valence-corrected chi connectivity index (χ2v) is 14.3. The minimum absolute atomic E-state index is 0.00762. The van der Waals surface area contributed by atoms with Crippen molar-refractivity contribution in [2.75, 3.05) is 32.8 Å². The Kier molecular flexibility index (Phi) is 37.3. The van der Waals surface area contributed by atoms with Gasteiger partial charge >= 0.3 is 5.97 Å². The summed E-state index contributed by atoms with van der Waals surface area (Å²) in [6.07, 6.45) is 39.7. The van der Waals surface area contributed by atoms with Crippen LogP contribution in [0.1, 0.15) is 220 Å². The summed E-state index contributed by atoms with van der Waals surface area (Å²) in [7, 11) is 0. The molecule has 0 aliphatic carbocycles. The predicted octanol–water partition coefficient (Wildman–Crippen LogP) is 12.6. The molecular formula is C41H83NO3. The number of aliphatic hydroxyl groups is 1. The topological polar surface area (TPSA) is 49.8 Å². The first-order chi connectivity index (χ1) is 22.2. The van der Waals surface area contributed by atoms with Gasteiger partial charge in [-0.15, -0.1) is 0 Å². The van der Waals surface area contributed by atoms with Crippen molar-refractivity contribution in [1.29, 1.82) is 0 Å². The van der Waals surface area contributed by atoms with Crippen molar-refractivity contribution in [3.05, 3.63) is 0 Å². The van der Waals surface area contributed by atoms with Crippen LogP contribution < -0.4 is 0 Å². The van der Waals surface area contributed by atoms with Crippen LogP contribution in [-0.2, 0) is 9.53 Å². The second kappa shape index (κ2) is 37.8. The summed E-state index contributed by atoms with van der Waals surface area (Å²) in [5.74, 6) is 0.921. The summed E-state index contributed by atoms with van der Waals surface area (Å²) in [5, 5.41) is 9.23. The molecule has 4 heteroatoms. The number of nitrogens with zero attached hydrogens (tertiary/aromatic N) is 1. The highest BCUT2D eigenvalue weighted by Gasteiger charge is 2.12. The molecule has 0 aromatic heterocycles. The van der Waals surface area contributed by atoms with Crippen molar-refractivity contribution in [3.8, 4) is 0 Å². The van der Waals surface area contributed by atoms with E-state index in [1.165, 1.54) is 180 Å². The summed E-state index contributed by atoms with van der Waals surface area (Å²) in [6.45, 7) is 11.6. The third-order valence-corrected chi connectivity index (χ3v) is 9.78. The van der Waals surface area contributed by atoms with Crippen LogP contribution in [0.4, 0.5) is 0 Å². The largest absolute Gasteiger partial charge is 0.466 e. The molecule has 1 atom stereocenters. The first-order valence-electron chi connectivity index (χ1n) is 20.7. The molecule has 0 saturated carbocycles. The van der Waals surface area contributed by atoms with Gasteiger partial charge in [0.25, 0.3) is 0 Å². The Morgan fingerprint density at radius 2 is 0.911 bits per heavy atom. The molecule has 0 radical (unpaired) electrons. The van der Waals surface area contributed by atoms with Gasteiger partial charge in [0.15, 0.2) is 0 Å². The van der Waals surface area contributed by atoms with Crippen LogP contribution in [0.2, 0.25) is 0 Å². The maximum Gasteiger partial charge on any atom is 0.305 e. The van der Waals surface area contributed by atoms with Crippen LogP contribution >= 0.6 is 0 Å². The van der Waals surface area contributed by atoms with E-state index < -0.39 is 0 Å². The highest BCUT2D eigenvalue weighted by atomic mass is 16.5. The molecular weight excluding hydrogens is 554 g/mol. The SMILES string of the molecule is CCCCCCCCC(=O)OCCCCCCCCCCN(CCCCCO)CCC(CCCCCC)CCCCCCCC. The molecule has 1 N–H and O–H groups in total. The Labute approximate surface area is 283 Å². The zero-order valence-corrected chi connectivity index (χ0v) is 31.2. The second-order valence-electron chi connectivity index (χ2n) is 14.3. The Morgan fingerprint density at radius 1 is 0.489 bits per heavy atom. The van der Waals surface area contributed by atoms with Gasteiger partial charge in [-0.1, -0.05) is 168 Å². The number of hydrogen-bond donors (Lipinski definition) is 1. The molecule has 0 aliphatic heterocycles. The molecule has 0 amide bonds. The van der Waals surface area contributed by atoms with Crippen LogP contribution in [0.3, 0.4) is 0 Å². The summed E-state index contributed by atoms with van der Waals surface area (Å²) in [5.41, 5.74) is 0. The van der Waals surface area contributed by atoms with Gasteiger partial charge in [-0.2, -0.15) is 0 Å². The van der Waals surface area contributed by atoms with Gasteiger partial charge in [-0.25, -0.2) is 0 Å². The van der Waals surface area contributed by atoms with Crippen LogP contribution in [0.15, 0.2) is 0 Å². The lowest BCUT2D eigenvalue weighted by Crippen LogP contribution is -2.28. The lowest BCUT2D eigenvalue weighted by Gasteiger charge is -2.25. The molecule has 45 heavy (non-hydrogen) atoms. The van der Waals surface area contributed by atoms with Gasteiger partial charge in [-0.05, 0) is 70.5 Å². The molecule has 4 nitrogen and oxygen atoms in total. The minimum Gasteiger partial charge on any atom is -0.466 e. The fourth-order valence-corrected chi connectivity index (χ4v) is 6.64. The van der Waals surface area contributed by atoms with E-state index >= 15 is 0 Å². The van der Waals surface area contributed by atoms with Crippen LogP contribution in [0.5, 0.6) is 0 Å². The van der Waals surface area contributed by atoms with E-state index in [4.69, 9.17) is 4.74 Å². The van der Waals surface area contributed by atoms with Crippen LogP contribution in [0, 0.1) is 5.92 Å². The molecule has 0 aromatic rings. The third-order valence-electron chi connectivity index (χ3n) is 9.78. The summed E-state index contributed by atoms with van der Waals surface area (Å²) >= 11 is 0. The normalized spacial score (nSPS) is 12.3. The molecule has 1 unspecified atom stereocenters. The molecule has 0 rings (SSSR count). The first-order valence-corrected chi connectivity index (χ1v) is 20.7. The standard InChI is InChI=1S/C41H83NO3/c1-4-7-10-13-19-25-32-40(31-24-12-9-6-3)34-37-42(36-28-23-29-38-43)35-27-21-17-15-16-18-22-30-39-45-41(44)33-26-20-14-11-8-5-2/h40,43H,4-39H2,1-3H3. The maximum atomic E-state index is 11.9. The van der Waals surface area contributed by atoms with Gasteiger partial charge in [0.1, 0.15) is 0 Å². The van der Waals surface area contributed by atoms with Crippen molar-refractivity contribution >= 4 is 5.97 Å². The number of esters is 1. The van der Waals surface area contributed by atoms with Gasteiger partial charge in [0.2, 0.25) is 0 Å². The van der Waals surface area contributed by atoms with Gasteiger partial charge in [0, 0.05) is 13.0 Å². The Balaban J connectivity index is 4.13. The lowest BCUT2D eigenvalue weighted by atomic mass is 9.91. The Hall–Kier alpha value is -0.610. The number of rotatable bonds is 38. The van der Waals surface area contributed by atoms with E-state index in [-0.39, 0.29) is 5.97 Å². The molecule has 0 fully saturated rings. The quantitative estimate of drug-likeness (QED) is 0.0540. The number of aliphatic hydroxyl groups excluding tert-OH is 1. The summed E-state index contributed by atoms with van der Waals surface area (Å²) in [4.78, 5) is 14.7. The maximum absolute atomic E-state index is 11.9. The van der Waals surface area contributed by atoms with E-state index in [1.54, 1.807) is 0 Å². The van der Waals surface area contributed by atoms with Crippen molar-refractivity contribution < 1.29 is 14.6 Å². The molecule has 270 valence electrons. The first kappa shape index (κ1) is 44.4. The number of carbonyl (C=O) groups excluding carboxylic acids is 1. The van der Waals surface area contributed by atoms with E-state index in [1.807, 2.05) is 0 Å². The monoisotopic (exact) mass is 638 g/mol. The zero-order chi connectivity index (χ0) is 32.9. The Morgan fingerprint density at radius 3 is 1.44 bits per heavy atom. The van der Waals surface area contributed by atoms with Gasteiger partial charge < -0.3 is 14.7 Å². The molecule has 0 spiro atoms. The molecule has 0 heterocycles. The average Bonchev–Trinajstić information content (AvgIpc) is 3.04. The Bertz CT molecular complexity index is 569. The molecule has 0 saturated heterocycles. The molecule has 0 aliphatic rings. The molecule has 0 bridgehead atoms.